The minimum atomic E-state index is -0.982. The van der Waals surface area contributed by atoms with E-state index < -0.39 is 6.29 Å². The second-order valence-corrected chi connectivity index (χ2v) is 7.36. The van der Waals surface area contributed by atoms with Crippen molar-refractivity contribution in [2.45, 2.75) is 18.6 Å². The molecule has 0 spiro atoms. The molecule has 2 N–H and O–H groups in total. The first-order valence-corrected chi connectivity index (χ1v) is 10.1. The van der Waals surface area contributed by atoms with Crippen LogP contribution in [0, 0.1) is 0 Å². The van der Waals surface area contributed by atoms with Gasteiger partial charge in [0.2, 0.25) is 0 Å². The van der Waals surface area contributed by atoms with E-state index >= 15 is 0 Å². The lowest BCUT2D eigenvalue weighted by molar-refractivity contribution is -0.0764. The molecule has 1 unspecified atom stereocenters. The highest BCUT2D eigenvalue weighted by atomic mass is 16.6. The zero-order valence-electron chi connectivity index (χ0n) is 17.0. The number of fused-ring (bicyclic) bond motifs is 1. The highest BCUT2D eigenvalue weighted by Gasteiger charge is 2.23. The number of ether oxygens (including phenoxy) is 2. The van der Waals surface area contributed by atoms with Crippen molar-refractivity contribution in [3.05, 3.63) is 95.8 Å². The van der Waals surface area contributed by atoms with Gasteiger partial charge in [0.15, 0.2) is 6.29 Å². The molecule has 154 valence electrons. The summed E-state index contributed by atoms with van der Waals surface area (Å²) in [6.45, 7) is 5.64. The van der Waals surface area contributed by atoms with Gasteiger partial charge in [-0.15, -0.1) is 0 Å². The summed E-state index contributed by atoms with van der Waals surface area (Å²) in [6.07, 6.45) is 3.30. The molecular formula is C25H26N2O3. The molecule has 0 radical (unpaired) electrons. The quantitative estimate of drug-likeness (QED) is 0.558. The summed E-state index contributed by atoms with van der Waals surface area (Å²) in [5.74, 6) is 1.20. The van der Waals surface area contributed by atoms with Crippen LogP contribution in [-0.2, 0) is 4.74 Å². The Balaban J connectivity index is 1.52. The Morgan fingerprint density at radius 1 is 1.23 bits per heavy atom. The molecule has 0 saturated carbocycles. The molecule has 1 aliphatic heterocycles. The van der Waals surface area contributed by atoms with E-state index in [0.29, 0.717) is 24.6 Å². The largest absolute Gasteiger partial charge is 0.493 e. The van der Waals surface area contributed by atoms with Crippen LogP contribution < -0.4 is 10.1 Å². The summed E-state index contributed by atoms with van der Waals surface area (Å²) in [5, 5.41) is 13.5. The molecule has 30 heavy (non-hydrogen) atoms. The fraction of sp³-hybridized carbons (Fsp3) is 0.240. The second-order valence-electron chi connectivity index (χ2n) is 7.36. The van der Waals surface area contributed by atoms with Crippen LogP contribution in [0.3, 0.4) is 0 Å². The molecule has 1 aromatic heterocycles. The molecule has 3 aromatic rings. The van der Waals surface area contributed by atoms with Gasteiger partial charge in [-0.3, -0.25) is 4.98 Å². The lowest BCUT2D eigenvalue weighted by atomic mass is 9.90. The molecule has 2 heterocycles. The number of aliphatic hydroxyl groups is 1. The van der Waals surface area contributed by atoms with Crippen LogP contribution in [0.1, 0.15) is 40.9 Å². The lowest BCUT2D eigenvalue weighted by Gasteiger charge is -2.27. The number of anilines is 1. The number of hydrogen-bond acceptors (Lipinski definition) is 5. The lowest BCUT2D eigenvalue weighted by Crippen LogP contribution is -2.21. The summed E-state index contributed by atoms with van der Waals surface area (Å²) in [6, 6.07) is 18.3. The Bertz CT molecular complexity index is 1020. The standard InChI is InChI=1S/C25H26N2O3/c1-17(18-6-4-3-5-7-18)19-8-9-21-20(11-13-30-24(21)14-19)15-27-23-16-26-12-10-22(23)25(28)29-2/h3-10,12,14,16,20,25,27-28H,1,11,13,15H2,2H3/t20-,25?/m0/s1. The van der Waals surface area contributed by atoms with Crippen molar-refractivity contribution in [3.8, 4) is 5.75 Å². The summed E-state index contributed by atoms with van der Waals surface area (Å²) in [7, 11) is 1.48. The third kappa shape index (κ3) is 4.22. The van der Waals surface area contributed by atoms with E-state index in [1.165, 1.54) is 12.7 Å². The third-order valence-electron chi connectivity index (χ3n) is 5.53. The molecule has 0 fully saturated rings. The minimum absolute atomic E-state index is 0.292. The Hall–Kier alpha value is -3.15. The van der Waals surface area contributed by atoms with E-state index in [1.807, 2.05) is 18.2 Å². The molecule has 1 aliphatic rings. The molecule has 0 bridgehead atoms. The number of nitrogens with one attached hydrogen (secondary N) is 1. The number of methoxy groups -OCH3 is 1. The maximum atomic E-state index is 10.1. The summed E-state index contributed by atoms with van der Waals surface area (Å²) >= 11 is 0. The molecule has 0 saturated heterocycles. The van der Waals surface area contributed by atoms with Crippen molar-refractivity contribution in [1.82, 2.24) is 4.98 Å². The van der Waals surface area contributed by atoms with Crippen molar-refractivity contribution < 1.29 is 14.6 Å². The molecule has 2 atom stereocenters. The third-order valence-corrected chi connectivity index (χ3v) is 5.53. The van der Waals surface area contributed by atoms with E-state index in [2.05, 4.69) is 47.2 Å². The summed E-state index contributed by atoms with van der Waals surface area (Å²) in [5.41, 5.74) is 5.77. The second kappa shape index (κ2) is 9.11. The highest BCUT2D eigenvalue weighted by molar-refractivity contribution is 5.79. The van der Waals surface area contributed by atoms with Crippen LogP contribution >= 0.6 is 0 Å². The molecular weight excluding hydrogens is 376 g/mol. The number of rotatable bonds is 7. The number of nitrogens with zero attached hydrogens (tertiary/aromatic N) is 1. The first-order valence-electron chi connectivity index (χ1n) is 10.1. The van der Waals surface area contributed by atoms with Gasteiger partial charge in [-0.05, 0) is 40.8 Å². The van der Waals surface area contributed by atoms with Gasteiger partial charge in [-0.1, -0.05) is 49.0 Å². The molecule has 2 aromatic carbocycles. The minimum Gasteiger partial charge on any atom is -0.493 e. The summed E-state index contributed by atoms with van der Waals surface area (Å²) in [4.78, 5) is 4.17. The monoisotopic (exact) mass is 402 g/mol. The van der Waals surface area contributed by atoms with Gasteiger partial charge in [-0.25, -0.2) is 0 Å². The van der Waals surface area contributed by atoms with Crippen LogP contribution in [0.4, 0.5) is 5.69 Å². The van der Waals surface area contributed by atoms with Gasteiger partial charge in [0.05, 0.1) is 18.5 Å². The van der Waals surface area contributed by atoms with E-state index in [4.69, 9.17) is 9.47 Å². The van der Waals surface area contributed by atoms with Gasteiger partial charge in [0, 0.05) is 31.3 Å². The summed E-state index contributed by atoms with van der Waals surface area (Å²) < 4.78 is 11.0. The predicted molar refractivity (Wildman–Crippen MR) is 119 cm³/mol. The zero-order valence-corrected chi connectivity index (χ0v) is 17.0. The first kappa shape index (κ1) is 20.1. The van der Waals surface area contributed by atoms with Crippen LogP contribution in [-0.4, -0.2) is 30.4 Å². The smallest absolute Gasteiger partial charge is 0.182 e. The van der Waals surface area contributed by atoms with Crippen molar-refractivity contribution in [2.75, 3.05) is 25.6 Å². The van der Waals surface area contributed by atoms with E-state index in [9.17, 15) is 5.11 Å². The Morgan fingerprint density at radius 3 is 2.87 bits per heavy atom. The number of hydrogen-bond donors (Lipinski definition) is 2. The van der Waals surface area contributed by atoms with Gasteiger partial charge in [0.25, 0.3) is 0 Å². The fourth-order valence-electron chi connectivity index (χ4n) is 3.80. The molecule has 0 aliphatic carbocycles. The van der Waals surface area contributed by atoms with Crippen LogP contribution in [0.2, 0.25) is 0 Å². The molecule has 5 heteroatoms. The van der Waals surface area contributed by atoms with E-state index in [-0.39, 0.29) is 0 Å². The van der Waals surface area contributed by atoms with Gasteiger partial charge in [-0.2, -0.15) is 0 Å². The number of pyridine rings is 1. The maximum Gasteiger partial charge on any atom is 0.182 e. The first-order chi connectivity index (χ1) is 14.7. The fourth-order valence-corrected chi connectivity index (χ4v) is 3.80. The SMILES string of the molecule is C=C(c1ccccc1)c1ccc2c(c1)OCC[C@H]2CNc1cnccc1C(O)OC. The Morgan fingerprint density at radius 2 is 2.07 bits per heavy atom. The van der Waals surface area contributed by atoms with Crippen molar-refractivity contribution >= 4 is 11.3 Å². The van der Waals surface area contributed by atoms with Crippen molar-refractivity contribution in [1.29, 1.82) is 0 Å². The van der Waals surface area contributed by atoms with Crippen LogP contribution in [0.25, 0.3) is 5.57 Å². The molecule has 4 rings (SSSR count). The highest BCUT2D eigenvalue weighted by Crippen LogP contribution is 2.37. The van der Waals surface area contributed by atoms with Crippen molar-refractivity contribution in [2.24, 2.45) is 0 Å². The number of aromatic nitrogens is 1. The van der Waals surface area contributed by atoms with Gasteiger partial charge in [0.1, 0.15) is 5.75 Å². The van der Waals surface area contributed by atoms with Crippen LogP contribution in [0.5, 0.6) is 5.75 Å². The number of benzene rings is 2. The predicted octanol–water partition coefficient (Wildman–Crippen LogP) is 4.76. The molecule has 5 nitrogen and oxygen atoms in total. The molecule has 0 amide bonds. The van der Waals surface area contributed by atoms with Crippen LogP contribution in [0.15, 0.2) is 73.6 Å². The topological polar surface area (TPSA) is 63.6 Å². The van der Waals surface area contributed by atoms with Crippen molar-refractivity contribution in [3.63, 3.8) is 0 Å². The Labute approximate surface area is 177 Å². The maximum absolute atomic E-state index is 10.1. The van der Waals surface area contributed by atoms with Gasteiger partial charge >= 0.3 is 0 Å². The average Bonchev–Trinajstić information content (AvgIpc) is 2.82. The van der Waals surface area contributed by atoms with Gasteiger partial charge < -0.3 is 19.9 Å². The number of aliphatic hydroxyl groups excluding tert-OH is 1. The van der Waals surface area contributed by atoms with E-state index in [1.54, 1.807) is 18.5 Å². The Kier molecular flexibility index (Phi) is 6.12. The average molecular weight is 402 g/mol. The zero-order chi connectivity index (χ0) is 20.9. The normalized spacial score (nSPS) is 16.3. The van der Waals surface area contributed by atoms with E-state index in [0.717, 1.165) is 34.6 Å².